The Kier molecular flexibility index (Phi) is 7.20. The van der Waals surface area contributed by atoms with E-state index < -0.39 is 18.5 Å². The molecule has 9 heteroatoms. The Morgan fingerprint density at radius 1 is 1.31 bits per heavy atom. The van der Waals surface area contributed by atoms with Crippen LogP contribution in [0.1, 0.15) is 15.2 Å². The van der Waals surface area contributed by atoms with Crippen molar-refractivity contribution < 1.29 is 19.1 Å². The standard InChI is InChI=1S/C17H15N3O4S2/c1-11-7-12(26-10-18)4-5-13(11)20-15(21)9-24-16(22)8-19-17(23)14-3-2-6-25-14/h2-7H,8-9H2,1H3,(H,19,23)(H,20,21). The van der Waals surface area contributed by atoms with E-state index in [1.54, 1.807) is 42.6 Å². The molecule has 1 aromatic heterocycles. The van der Waals surface area contributed by atoms with Crippen LogP contribution in [0.4, 0.5) is 5.69 Å². The minimum absolute atomic E-state index is 0.316. The zero-order chi connectivity index (χ0) is 18.9. The predicted molar refractivity (Wildman–Crippen MR) is 98.9 cm³/mol. The highest BCUT2D eigenvalue weighted by molar-refractivity contribution is 8.03. The summed E-state index contributed by atoms with van der Waals surface area (Å²) < 4.78 is 4.84. The van der Waals surface area contributed by atoms with Gasteiger partial charge in [-0.1, -0.05) is 6.07 Å². The molecule has 134 valence electrons. The van der Waals surface area contributed by atoms with Gasteiger partial charge < -0.3 is 15.4 Å². The molecule has 0 radical (unpaired) electrons. The fourth-order valence-corrected chi connectivity index (χ4v) is 3.04. The van der Waals surface area contributed by atoms with Crippen LogP contribution in [0.15, 0.2) is 40.6 Å². The molecule has 1 heterocycles. The van der Waals surface area contributed by atoms with Crippen LogP contribution < -0.4 is 10.6 Å². The Balaban J connectivity index is 1.75. The molecule has 0 unspecified atom stereocenters. The van der Waals surface area contributed by atoms with Crippen LogP contribution >= 0.6 is 23.1 Å². The number of nitriles is 1. The molecule has 0 aliphatic rings. The number of amides is 2. The molecule has 2 N–H and O–H groups in total. The Bertz CT molecular complexity index is 844. The monoisotopic (exact) mass is 389 g/mol. The predicted octanol–water partition coefficient (Wildman–Crippen LogP) is 2.54. The molecular weight excluding hydrogens is 374 g/mol. The third-order valence-electron chi connectivity index (χ3n) is 3.14. The number of nitrogens with zero attached hydrogens (tertiary/aromatic N) is 1. The number of rotatable bonds is 7. The van der Waals surface area contributed by atoms with Crippen molar-refractivity contribution in [2.24, 2.45) is 0 Å². The van der Waals surface area contributed by atoms with E-state index in [0.717, 1.165) is 22.2 Å². The summed E-state index contributed by atoms with van der Waals surface area (Å²) in [5.74, 6) is -1.57. The first-order valence-corrected chi connectivity index (χ1v) is 9.13. The van der Waals surface area contributed by atoms with Crippen LogP contribution in [0, 0.1) is 17.6 Å². The smallest absolute Gasteiger partial charge is 0.325 e. The summed E-state index contributed by atoms with van der Waals surface area (Å²) in [5, 5.41) is 17.4. The van der Waals surface area contributed by atoms with E-state index in [1.807, 2.05) is 5.40 Å². The first-order valence-electron chi connectivity index (χ1n) is 7.43. The molecule has 0 aliphatic carbocycles. The highest BCUT2D eigenvalue weighted by atomic mass is 32.2. The normalized spacial score (nSPS) is 9.85. The molecular formula is C17H15N3O4S2. The number of carbonyl (C=O) groups is 3. The van der Waals surface area contributed by atoms with Gasteiger partial charge in [-0.2, -0.15) is 5.26 Å². The molecule has 0 fully saturated rings. The van der Waals surface area contributed by atoms with Crippen LogP contribution in [0.2, 0.25) is 0 Å². The number of benzene rings is 1. The molecule has 2 rings (SSSR count). The van der Waals surface area contributed by atoms with E-state index in [-0.39, 0.29) is 12.5 Å². The molecule has 2 amide bonds. The molecule has 1 aromatic carbocycles. The lowest BCUT2D eigenvalue weighted by Crippen LogP contribution is -2.31. The van der Waals surface area contributed by atoms with Crippen molar-refractivity contribution in [3.05, 3.63) is 46.2 Å². The third kappa shape index (κ3) is 5.91. The Hall–Kier alpha value is -2.83. The van der Waals surface area contributed by atoms with E-state index in [9.17, 15) is 14.4 Å². The molecule has 0 aliphatic heterocycles. The Labute approximate surface area is 158 Å². The number of thiophene rings is 1. The van der Waals surface area contributed by atoms with Crippen molar-refractivity contribution in [1.29, 1.82) is 5.26 Å². The van der Waals surface area contributed by atoms with E-state index >= 15 is 0 Å². The second-order valence-corrected chi connectivity index (χ2v) is 6.84. The van der Waals surface area contributed by atoms with Crippen molar-refractivity contribution in [3.63, 3.8) is 0 Å². The van der Waals surface area contributed by atoms with Crippen LogP contribution in [0.5, 0.6) is 0 Å². The maximum atomic E-state index is 11.9. The Morgan fingerprint density at radius 3 is 2.77 bits per heavy atom. The van der Waals surface area contributed by atoms with Crippen molar-refractivity contribution >= 4 is 46.6 Å². The van der Waals surface area contributed by atoms with Gasteiger partial charge in [0.2, 0.25) is 0 Å². The lowest BCUT2D eigenvalue weighted by molar-refractivity contribution is -0.146. The van der Waals surface area contributed by atoms with E-state index in [1.165, 1.54) is 11.3 Å². The van der Waals surface area contributed by atoms with Crippen LogP contribution in [0.3, 0.4) is 0 Å². The molecule has 0 atom stereocenters. The summed E-state index contributed by atoms with van der Waals surface area (Å²) in [6.45, 7) is 1.02. The first kappa shape index (κ1) is 19.5. The first-order chi connectivity index (χ1) is 12.5. The van der Waals surface area contributed by atoms with Crippen LogP contribution in [-0.4, -0.2) is 30.9 Å². The van der Waals surface area contributed by atoms with Crippen molar-refractivity contribution in [2.45, 2.75) is 11.8 Å². The van der Waals surface area contributed by atoms with Gasteiger partial charge in [0.05, 0.1) is 4.88 Å². The fraction of sp³-hybridized carbons (Fsp3) is 0.176. The van der Waals surface area contributed by atoms with Gasteiger partial charge in [0.15, 0.2) is 6.61 Å². The van der Waals surface area contributed by atoms with Crippen LogP contribution in [0.25, 0.3) is 0 Å². The average Bonchev–Trinajstić information content (AvgIpc) is 3.15. The Morgan fingerprint density at radius 2 is 2.12 bits per heavy atom. The molecule has 7 nitrogen and oxygen atoms in total. The number of hydrogen-bond acceptors (Lipinski definition) is 7. The molecule has 26 heavy (non-hydrogen) atoms. The van der Waals surface area contributed by atoms with E-state index in [4.69, 9.17) is 10.00 Å². The minimum atomic E-state index is -0.706. The van der Waals surface area contributed by atoms with Gasteiger partial charge in [-0.3, -0.25) is 14.4 Å². The number of carbonyl (C=O) groups excluding carboxylic acids is 3. The van der Waals surface area contributed by atoms with E-state index in [2.05, 4.69) is 10.6 Å². The maximum Gasteiger partial charge on any atom is 0.325 e. The lowest BCUT2D eigenvalue weighted by Gasteiger charge is -2.10. The summed E-state index contributed by atoms with van der Waals surface area (Å²) >= 11 is 2.29. The number of ether oxygens (including phenoxy) is 1. The van der Waals surface area contributed by atoms with Gasteiger partial charge in [0.25, 0.3) is 11.8 Å². The van der Waals surface area contributed by atoms with Crippen molar-refractivity contribution in [3.8, 4) is 5.40 Å². The average molecular weight is 389 g/mol. The van der Waals surface area contributed by atoms with Gasteiger partial charge in [0.1, 0.15) is 11.9 Å². The lowest BCUT2D eigenvalue weighted by atomic mass is 10.2. The SMILES string of the molecule is Cc1cc(SC#N)ccc1NC(=O)COC(=O)CNC(=O)c1cccs1. The summed E-state index contributed by atoms with van der Waals surface area (Å²) in [5.41, 5.74) is 1.35. The largest absolute Gasteiger partial charge is 0.454 e. The maximum absolute atomic E-state index is 11.9. The second-order valence-electron chi connectivity index (χ2n) is 5.04. The third-order valence-corrected chi connectivity index (χ3v) is 4.59. The molecule has 2 aromatic rings. The van der Waals surface area contributed by atoms with Gasteiger partial charge in [-0.25, -0.2) is 0 Å². The summed E-state index contributed by atoms with van der Waals surface area (Å²) in [6, 6.07) is 8.53. The second kappa shape index (κ2) is 9.60. The number of thioether (sulfide) groups is 1. The van der Waals surface area contributed by atoms with Crippen LogP contribution in [-0.2, 0) is 14.3 Å². The summed E-state index contributed by atoms with van der Waals surface area (Å²) in [4.78, 5) is 36.4. The molecule has 0 saturated carbocycles. The van der Waals surface area contributed by atoms with E-state index in [0.29, 0.717) is 10.6 Å². The number of thiocyanates is 1. The van der Waals surface area contributed by atoms with Crippen molar-refractivity contribution in [1.82, 2.24) is 5.32 Å². The minimum Gasteiger partial charge on any atom is -0.454 e. The highest BCUT2D eigenvalue weighted by Gasteiger charge is 2.12. The number of hydrogen-bond donors (Lipinski definition) is 2. The molecule has 0 bridgehead atoms. The molecule has 0 spiro atoms. The fourth-order valence-electron chi connectivity index (χ4n) is 1.92. The number of esters is 1. The highest BCUT2D eigenvalue weighted by Crippen LogP contribution is 2.23. The summed E-state index contributed by atoms with van der Waals surface area (Å²) in [6.07, 6.45) is 0. The van der Waals surface area contributed by atoms with Gasteiger partial charge in [-0.05, 0) is 53.9 Å². The summed E-state index contributed by atoms with van der Waals surface area (Å²) in [7, 11) is 0. The topological polar surface area (TPSA) is 108 Å². The number of anilines is 1. The zero-order valence-corrected chi connectivity index (χ0v) is 15.4. The van der Waals surface area contributed by atoms with Gasteiger partial charge in [0, 0.05) is 10.6 Å². The number of aryl methyl sites for hydroxylation is 1. The van der Waals surface area contributed by atoms with Gasteiger partial charge in [-0.15, -0.1) is 11.3 Å². The quantitative estimate of drug-likeness (QED) is 0.428. The zero-order valence-electron chi connectivity index (χ0n) is 13.8. The van der Waals surface area contributed by atoms with Gasteiger partial charge >= 0.3 is 5.97 Å². The van der Waals surface area contributed by atoms with Crippen molar-refractivity contribution in [2.75, 3.05) is 18.5 Å². The number of nitrogens with one attached hydrogen (secondary N) is 2. The molecule has 0 saturated heterocycles.